The van der Waals surface area contributed by atoms with E-state index < -0.39 is 0 Å². The van der Waals surface area contributed by atoms with Crippen molar-refractivity contribution in [2.24, 2.45) is 0 Å². The third-order valence-electron chi connectivity index (χ3n) is 4.33. The number of hydrogen-bond acceptors (Lipinski definition) is 2. The second-order valence-electron chi connectivity index (χ2n) is 5.65. The molecule has 0 saturated carbocycles. The highest BCUT2D eigenvalue weighted by atomic mass is 19.1. The summed E-state index contributed by atoms with van der Waals surface area (Å²) in [6, 6.07) is 12.2. The van der Waals surface area contributed by atoms with E-state index in [2.05, 4.69) is 0 Å². The van der Waals surface area contributed by atoms with E-state index in [1.165, 1.54) is 6.07 Å². The minimum absolute atomic E-state index is 0.103. The van der Waals surface area contributed by atoms with Crippen LogP contribution in [0.2, 0.25) is 0 Å². The smallest absolute Gasteiger partial charge is 0.254 e. The number of nitrogens with zero attached hydrogens (tertiary/aromatic N) is 1. The third kappa shape index (κ3) is 2.50. The van der Waals surface area contributed by atoms with E-state index in [4.69, 9.17) is 0 Å². The summed E-state index contributed by atoms with van der Waals surface area (Å²) in [5.74, 6) is -0.616. The number of rotatable bonds is 2. The maximum Gasteiger partial charge on any atom is 0.254 e. The van der Waals surface area contributed by atoms with Crippen molar-refractivity contribution in [1.29, 1.82) is 0 Å². The molecule has 3 rings (SSSR count). The van der Waals surface area contributed by atoms with E-state index in [1.54, 1.807) is 24.0 Å². The van der Waals surface area contributed by atoms with Crippen molar-refractivity contribution in [2.45, 2.75) is 25.9 Å². The fourth-order valence-electron chi connectivity index (χ4n) is 2.98. The summed E-state index contributed by atoms with van der Waals surface area (Å²) < 4.78 is 13.7. The van der Waals surface area contributed by atoms with Crippen LogP contribution < -0.4 is 0 Å². The SMILES string of the molecule is Cc1c(F)cccc1C(=O)N1Cc2ccccc2C[C@H]1CO. The van der Waals surface area contributed by atoms with Gasteiger partial charge in [0.05, 0.1) is 12.6 Å². The molecule has 0 aromatic heterocycles. The first kappa shape index (κ1) is 14.7. The number of halogens is 1. The van der Waals surface area contributed by atoms with Crippen molar-refractivity contribution >= 4 is 5.91 Å². The average molecular weight is 299 g/mol. The lowest BCUT2D eigenvalue weighted by molar-refractivity contribution is 0.0543. The van der Waals surface area contributed by atoms with E-state index in [0.29, 0.717) is 24.1 Å². The first-order valence-electron chi connectivity index (χ1n) is 7.35. The molecule has 1 heterocycles. The molecule has 0 radical (unpaired) electrons. The Hall–Kier alpha value is -2.20. The second-order valence-corrected chi connectivity index (χ2v) is 5.65. The molecule has 22 heavy (non-hydrogen) atoms. The van der Waals surface area contributed by atoms with Crippen LogP contribution in [0.5, 0.6) is 0 Å². The molecule has 0 bridgehead atoms. The Morgan fingerprint density at radius 2 is 1.95 bits per heavy atom. The number of benzene rings is 2. The zero-order valence-electron chi connectivity index (χ0n) is 12.4. The molecular weight excluding hydrogens is 281 g/mol. The number of carbonyl (C=O) groups is 1. The fraction of sp³-hybridized carbons (Fsp3) is 0.278. The van der Waals surface area contributed by atoms with Gasteiger partial charge in [0.2, 0.25) is 0 Å². The first-order valence-corrected chi connectivity index (χ1v) is 7.35. The van der Waals surface area contributed by atoms with E-state index in [9.17, 15) is 14.3 Å². The molecule has 0 unspecified atom stereocenters. The summed E-state index contributed by atoms with van der Waals surface area (Å²) in [5, 5.41) is 9.64. The van der Waals surface area contributed by atoms with Crippen LogP contribution >= 0.6 is 0 Å². The Morgan fingerprint density at radius 1 is 1.23 bits per heavy atom. The standard InChI is InChI=1S/C18H18FNO2/c1-12-16(7-4-8-17(12)19)18(22)20-10-14-6-3-2-5-13(14)9-15(20)11-21/h2-8,15,21H,9-11H2,1H3/t15-/m0/s1. The maximum absolute atomic E-state index is 13.7. The molecule has 1 atom stereocenters. The summed E-state index contributed by atoms with van der Waals surface area (Å²) >= 11 is 0. The van der Waals surface area contributed by atoms with Crippen molar-refractivity contribution in [1.82, 2.24) is 4.90 Å². The largest absolute Gasteiger partial charge is 0.394 e. The van der Waals surface area contributed by atoms with Crippen LogP contribution in [0.15, 0.2) is 42.5 Å². The fourth-order valence-corrected chi connectivity index (χ4v) is 2.98. The summed E-state index contributed by atoms with van der Waals surface area (Å²) in [6.45, 7) is 1.94. The van der Waals surface area contributed by atoms with Gasteiger partial charge in [0, 0.05) is 12.1 Å². The summed E-state index contributed by atoms with van der Waals surface area (Å²) in [7, 11) is 0. The normalized spacial score (nSPS) is 17.2. The maximum atomic E-state index is 13.7. The number of amides is 1. The quantitative estimate of drug-likeness (QED) is 0.926. The van der Waals surface area contributed by atoms with Gasteiger partial charge in [-0.1, -0.05) is 30.3 Å². The van der Waals surface area contributed by atoms with Crippen molar-refractivity contribution in [3.8, 4) is 0 Å². The van der Waals surface area contributed by atoms with Gasteiger partial charge in [0.25, 0.3) is 5.91 Å². The summed E-state index contributed by atoms with van der Waals surface area (Å²) in [5.41, 5.74) is 2.94. The molecule has 2 aromatic carbocycles. The topological polar surface area (TPSA) is 40.5 Å². The Labute approximate surface area is 129 Å². The van der Waals surface area contributed by atoms with Gasteiger partial charge >= 0.3 is 0 Å². The lowest BCUT2D eigenvalue weighted by atomic mass is 9.93. The highest BCUT2D eigenvalue weighted by Gasteiger charge is 2.30. The Morgan fingerprint density at radius 3 is 2.68 bits per heavy atom. The molecule has 3 nitrogen and oxygen atoms in total. The van der Waals surface area contributed by atoms with Crippen LogP contribution in [0.4, 0.5) is 4.39 Å². The molecule has 1 aliphatic heterocycles. The van der Waals surface area contributed by atoms with Crippen molar-refractivity contribution in [3.63, 3.8) is 0 Å². The van der Waals surface area contributed by atoms with Crippen LogP contribution in [-0.4, -0.2) is 28.6 Å². The predicted octanol–water partition coefficient (Wildman–Crippen LogP) is 2.69. The van der Waals surface area contributed by atoms with Gasteiger partial charge in [-0.2, -0.15) is 0 Å². The molecule has 0 saturated heterocycles. The lowest BCUT2D eigenvalue weighted by Crippen LogP contribution is -2.46. The molecule has 114 valence electrons. The monoisotopic (exact) mass is 299 g/mol. The van der Waals surface area contributed by atoms with Crippen molar-refractivity contribution in [3.05, 3.63) is 70.5 Å². The number of fused-ring (bicyclic) bond motifs is 1. The third-order valence-corrected chi connectivity index (χ3v) is 4.33. The van der Waals surface area contributed by atoms with Crippen LogP contribution in [-0.2, 0) is 13.0 Å². The highest BCUT2D eigenvalue weighted by molar-refractivity contribution is 5.96. The zero-order valence-corrected chi connectivity index (χ0v) is 12.4. The summed E-state index contributed by atoms with van der Waals surface area (Å²) in [4.78, 5) is 14.4. The Balaban J connectivity index is 1.96. The highest BCUT2D eigenvalue weighted by Crippen LogP contribution is 2.26. The predicted molar refractivity (Wildman–Crippen MR) is 82.0 cm³/mol. The lowest BCUT2D eigenvalue weighted by Gasteiger charge is -2.36. The molecule has 1 amide bonds. The summed E-state index contributed by atoms with van der Waals surface area (Å²) in [6.07, 6.45) is 0.618. The zero-order chi connectivity index (χ0) is 15.7. The second kappa shape index (κ2) is 5.89. The molecule has 1 aliphatic rings. The molecule has 0 spiro atoms. The van der Waals surface area contributed by atoms with E-state index in [1.807, 2.05) is 24.3 Å². The molecule has 4 heteroatoms. The van der Waals surface area contributed by atoms with Crippen LogP contribution in [0.1, 0.15) is 27.0 Å². The van der Waals surface area contributed by atoms with Crippen LogP contribution in [0.25, 0.3) is 0 Å². The molecule has 1 N–H and O–H groups in total. The first-order chi connectivity index (χ1) is 10.6. The van der Waals surface area contributed by atoms with E-state index in [-0.39, 0.29) is 24.4 Å². The van der Waals surface area contributed by atoms with Gasteiger partial charge in [-0.25, -0.2) is 4.39 Å². The number of aliphatic hydroxyl groups is 1. The van der Waals surface area contributed by atoms with Crippen LogP contribution in [0, 0.1) is 12.7 Å². The van der Waals surface area contributed by atoms with E-state index in [0.717, 1.165) is 11.1 Å². The molecular formula is C18H18FNO2. The minimum Gasteiger partial charge on any atom is -0.394 e. The molecule has 2 aromatic rings. The van der Waals surface area contributed by atoms with Gasteiger partial charge in [-0.3, -0.25) is 4.79 Å². The van der Waals surface area contributed by atoms with Gasteiger partial charge < -0.3 is 10.0 Å². The number of carbonyl (C=O) groups excluding carboxylic acids is 1. The molecule has 0 aliphatic carbocycles. The van der Waals surface area contributed by atoms with Gasteiger partial charge in [-0.05, 0) is 42.2 Å². The van der Waals surface area contributed by atoms with Crippen molar-refractivity contribution < 1.29 is 14.3 Å². The average Bonchev–Trinajstić information content (AvgIpc) is 2.55. The Bertz CT molecular complexity index is 714. The minimum atomic E-state index is -0.385. The van der Waals surface area contributed by atoms with Gasteiger partial charge in [0.1, 0.15) is 5.82 Å². The van der Waals surface area contributed by atoms with Crippen LogP contribution in [0.3, 0.4) is 0 Å². The Kier molecular flexibility index (Phi) is 3.94. The van der Waals surface area contributed by atoms with Gasteiger partial charge in [0.15, 0.2) is 0 Å². The van der Waals surface area contributed by atoms with Gasteiger partial charge in [-0.15, -0.1) is 0 Å². The van der Waals surface area contributed by atoms with E-state index >= 15 is 0 Å². The molecule has 0 fully saturated rings. The number of aliphatic hydroxyl groups excluding tert-OH is 1. The van der Waals surface area contributed by atoms with Crippen molar-refractivity contribution in [2.75, 3.05) is 6.61 Å². The number of hydrogen-bond donors (Lipinski definition) is 1.